The van der Waals surface area contributed by atoms with Crippen molar-refractivity contribution >= 4 is 29.5 Å². The Hall–Kier alpha value is -5.71. The van der Waals surface area contributed by atoms with Crippen molar-refractivity contribution in [1.82, 2.24) is 40.5 Å². The Bertz CT molecular complexity index is 1900. The monoisotopic (exact) mass is 761 g/mol. The van der Waals surface area contributed by atoms with Crippen LogP contribution in [0, 0.1) is 11.8 Å². The van der Waals surface area contributed by atoms with Crippen LogP contribution in [0.15, 0.2) is 71.2 Å². The third kappa shape index (κ3) is 11.6. The lowest BCUT2D eigenvalue weighted by molar-refractivity contribution is -0.159. The maximum atomic E-state index is 14.8. The second-order valence-corrected chi connectivity index (χ2v) is 14.0. The van der Waals surface area contributed by atoms with Gasteiger partial charge >= 0.3 is 5.97 Å². The van der Waals surface area contributed by atoms with E-state index in [1.807, 2.05) is 13.8 Å². The summed E-state index contributed by atoms with van der Waals surface area (Å²) in [5, 5.41) is 24.3. The molecule has 5 unspecified atom stereocenters. The summed E-state index contributed by atoms with van der Waals surface area (Å²) in [7, 11) is 0. The van der Waals surface area contributed by atoms with Gasteiger partial charge in [0, 0.05) is 50.2 Å². The van der Waals surface area contributed by atoms with Crippen molar-refractivity contribution in [3.63, 3.8) is 0 Å². The quantitative estimate of drug-likeness (QED) is 0.256. The van der Waals surface area contributed by atoms with Crippen LogP contribution in [-0.4, -0.2) is 103 Å². The van der Waals surface area contributed by atoms with Gasteiger partial charge in [-0.15, -0.1) is 5.10 Å². The van der Waals surface area contributed by atoms with Crippen molar-refractivity contribution < 1.29 is 37.8 Å². The molecule has 16 nitrogen and oxygen atoms in total. The largest absolute Gasteiger partial charge is 0.460 e. The number of aromatic nitrogens is 5. The molecule has 17 heteroatoms. The highest BCUT2D eigenvalue weighted by molar-refractivity contribution is 5.95. The lowest BCUT2D eigenvalue weighted by atomic mass is 9.89. The van der Waals surface area contributed by atoms with Gasteiger partial charge in [-0.25, -0.2) is 19.2 Å². The smallest absolute Gasteiger partial charge is 0.329 e. The summed E-state index contributed by atoms with van der Waals surface area (Å²) in [6.07, 6.45) is 8.99. The third-order valence-corrected chi connectivity index (χ3v) is 9.21. The highest BCUT2D eigenvalue weighted by atomic mass is 19.1. The number of aliphatic hydroxyl groups is 1. The number of allylic oxidation sites excluding steroid dienone is 2. The lowest BCUT2D eigenvalue weighted by Crippen LogP contribution is -2.44. The number of esters is 1. The summed E-state index contributed by atoms with van der Waals surface area (Å²) >= 11 is 0. The van der Waals surface area contributed by atoms with Gasteiger partial charge in [-0.2, -0.15) is 0 Å². The zero-order valence-corrected chi connectivity index (χ0v) is 31.1. The number of rotatable bonds is 7. The van der Waals surface area contributed by atoms with Gasteiger partial charge in [0.05, 0.1) is 25.3 Å². The first-order valence-corrected chi connectivity index (χ1v) is 18.3. The third-order valence-electron chi connectivity index (χ3n) is 9.21. The number of cyclic esters (lactones) is 1. The fourth-order valence-corrected chi connectivity index (χ4v) is 6.51. The fourth-order valence-electron chi connectivity index (χ4n) is 6.51. The lowest BCUT2D eigenvalue weighted by Gasteiger charge is -2.30. The summed E-state index contributed by atoms with van der Waals surface area (Å²) in [6.45, 7) is 6.37. The van der Waals surface area contributed by atoms with Crippen LogP contribution < -0.4 is 16.4 Å². The van der Waals surface area contributed by atoms with E-state index in [9.17, 15) is 28.7 Å². The standard InChI is InChI=1S/C38H48FN9O7/c1-23(2)36-26(18-34(51)43-13-15-47-21-29(45-46-47)25-10-12-41-32(40)17-25)8-9-33(50)42-11-4-6-24(3)16-28(49)19-27(39)20-35-44-30(22-54-35)37(52)48-14-5-7-31(48)38(53)55-36/h4,6,8-10,12,16-17,21-23,26-28,31,36,49H,5,7,11,13-15,18-20H2,1-3H3,(H2,40,41)(H,42,50)(H,43,51)/b6-4+,9-8+,24-16+. The van der Waals surface area contributed by atoms with Crippen LogP contribution in [0.3, 0.4) is 0 Å². The number of oxazole rings is 1. The number of carbonyl (C=O) groups excluding carboxylic acids is 4. The molecule has 0 radical (unpaired) electrons. The first-order valence-electron chi connectivity index (χ1n) is 18.3. The van der Waals surface area contributed by atoms with Gasteiger partial charge in [0.15, 0.2) is 11.6 Å². The van der Waals surface area contributed by atoms with Gasteiger partial charge in [0.1, 0.15) is 36.1 Å². The minimum absolute atomic E-state index is 0.00881. The molecule has 3 aromatic rings. The predicted molar refractivity (Wildman–Crippen MR) is 198 cm³/mol. The number of hydrogen-bond acceptors (Lipinski definition) is 12. The van der Waals surface area contributed by atoms with Crippen LogP contribution >= 0.6 is 0 Å². The molecule has 1 saturated heterocycles. The van der Waals surface area contributed by atoms with Gasteiger partial charge < -0.3 is 35.5 Å². The highest BCUT2D eigenvalue weighted by Crippen LogP contribution is 2.27. The highest BCUT2D eigenvalue weighted by Gasteiger charge is 2.39. The van der Waals surface area contributed by atoms with E-state index in [4.69, 9.17) is 14.9 Å². The van der Waals surface area contributed by atoms with E-state index >= 15 is 0 Å². The first-order chi connectivity index (χ1) is 26.4. The van der Waals surface area contributed by atoms with E-state index in [-0.39, 0.29) is 62.3 Å². The Morgan fingerprint density at radius 3 is 2.82 bits per heavy atom. The molecule has 0 saturated carbocycles. The number of halogens is 1. The number of nitrogen functional groups attached to an aromatic ring is 1. The molecular weight excluding hydrogens is 713 g/mol. The Morgan fingerprint density at radius 1 is 1.22 bits per heavy atom. The van der Waals surface area contributed by atoms with Crippen LogP contribution in [-0.2, 0) is 32.1 Å². The molecule has 0 spiro atoms. The average Bonchev–Trinajstić information content (AvgIpc) is 3.92. The minimum Gasteiger partial charge on any atom is -0.460 e. The molecule has 55 heavy (non-hydrogen) atoms. The van der Waals surface area contributed by atoms with Crippen molar-refractivity contribution in [2.75, 3.05) is 25.4 Å². The van der Waals surface area contributed by atoms with Gasteiger partial charge in [-0.05, 0) is 43.9 Å². The molecule has 0 aliphatic carbocycles. The topological polar surface area (TPSA) is 221 Å². The van der Waals surface area contributed by atoms with Gasteiger partial charge in [0.25, 0.3) is 5.91 Å². The number of aliphatic hydroxyl groups excluding tert-OH is 1. The second kappa shape index (κ2) is 19.1. The first kappa shape index (κ1) is 40.5. The summed E-state index contributed by atoms with van der Waals surface area (Å²) in [4.78, 5) is 63.0. The number of nitrogens with two attached hydrogens (primary N) is 1. The van der Waals surface area contributed by atoms with Crippen LogP contribution in [0.1, 0.15) is 62.8 Å². The Labute approximate surface area is 318 Å². The summed E-state index contributed by atoms with van der Waals surface area (Å²) < 4.78 is 27.9. The van der Waals surface area contributed by atoms with Gasteiger partial charge in [0.2, 0.25) is 11.8 Å². The minimum atomic E-state index is -1.50. The molecule has 2 aliphatic rings. The number of pyridine rings is 1. The Kier molecular flexibility index (Phi) is 14.0. The zero-order chi connectivity index (χ0) is 39.5. The van der Waals surface area contributed by atoms with Gasteiger partial charge in [-0.3, -0.25) is 19.1 Å². The maximum Gasteiger partial charge on any atom is 0.329 e. The zero-order valence-electron chi connectivity index (χ0n) is 31.1. The van der Waals surface area contributed by atoms with E-state index in [1.165, 1.54) is 17.1 Å². The summed E-state index contributed by atoms with van der Waals surface area (Å²) in [5.41, 5.74) is 7.71. The Morgan fingerprint density at radius 2 is 2.04 bits per heavy atom. The van der Waals surface area contributed by atoms with E-state index in [2.05, 4.69) is 30.9 Å². The van der Waals surface area contributed by atoms with E-state index in [0.29, 0.717) is 36.5 Å². The van der Waals surface area contributed by atoms with Crippen LogP contribution in [0.25, 0.3) is 11.3 Å². The molecule has 294 valence electrons. The van der Waals surface area contributed by atoms with E-state index in [1.54, 1.807) is 54.4 Å². The van der Waals surface area contributed by atoms with Crippen LogP contribution in [0.2, 0.25) is 0 Å². The van der Waals surface area contributed by atoms with E-state index in [0.717, 1.165) is 11.8 Å². The SMILES string of the molecule is CC1=C\C(O)CC(F)Cc2nc(co2)C(=O)N2CCCC2C(=O)OC(C(C)C)C(CC(=O)NCCn2cc(-c3ccnc(N)c3)nn2)/C=C/C(=O)NC\C=C\1. The normalized spacial score (nSPS) is 25.3. The van der Waals surface area contributed by atoms with Gasteiger partial charge in [-0.1, -0.05) is 48.9 Å². The number of nitrogens with zero attached hydrogens (tertiary/aromatic N) is 6. The number of amides is 3. The predicted octanol–water partition coefficient (Wildman–Crippen LogP) is 2.73. The number of ether oxygens (including phenoxy) is 1. The second-order valence-electron chi connectivity index (χ2n) is 14.0. The maximum absolute atomic E-state index is 14.8. The molecule has 1 fully saturated rings. The molecule has 5 rings (SSSR count). The van der Waals surface area contributed by atoms with Crippen molar-refractivity contribution in [3.05, 3.63) is 78.3 Å². The molecule has 3 amide bonds. The van der Waals surface area contributed by atoms with Crippen LogP contribution in [0.4, 0.5) is 10.2 Å². The Balaban J connectivity index is 1.32. The van der Waals surface area contributed by atoms with Crippen molar-refractivity contribution in [2.45, 2.75) is 83.8 Å². The van der Waals surface area contributed by atoms with Crippen molar-refractivity contribution in [1.29, 1.82) is 0 Å². The molecule has 2 aliphatic heterocycles. The number of anilines is 1. The fraction of sp³-hybridized carbons (Fsp3) is 0.474. The number of fused-ring (bicyclic) bond motifs is 3. The van der Waals surface area contributed by atoms with Crippen LogP contribution in [0.5, 0.6) is 0 Å². The average molecular weight is 762 g/mol. The molecule has 3 aromatic heterocycles. The number of nitrogens with one attached hydrogen (secondary N) is 2. The summed E-state index contributed by atoms with van der Waals surface area (Å²) in [6, 6.07) is 2.51. The van der Waals surface area contributed by atoms with Crippen molar-refractivity contribution in [3.8, 4) is 11.3 Å². The molecule has 5 N–H and O–H groups in total. The molecular formula is C38H48FN9O7. The molecule has 5 atom stereocenters. The molecule has 5 heterocycles. The molecule has 0 aromatic carbocycles. The number of alkyl halides is 1. The number of hydrogen-bond donors (Lipinski definition) is 4. The van der Waals surface area contributed by atoms with E-state index < -0.39 is 48.1 Å². The summed E-state index contributed by atoms with van der Waals surface area (Å²) in [5.74, 6) is -2.67. The molecule has 2 bridgehead atoms. The number of carbonyl (C=O) groups is 4. The van der Waals surface area contributed by atoms with Crippen molar-refractivity contribution in [2.24, 2.45) is 11.8 Å².